The number of hydrogen-bond acceptors (Lipinski definition) is 6. The molecule has 7 heteroatoms. The van der Waals surface area contributed by atoms with Gasteiger partial charge < -0.3 is 24.2 Å². The summed E-state index contributed by atoms with van der Waals surface area (Å²) in [4.78, 5) is 27.9. The van der Waals surface area contributed by atoms with E-state index in [2.05, 4.69) is 6.58 Å². The normalized spacial score (nSPS) is 16.4. The van der Waals surface area contributed by atoms with Crippen LogP contribution in [0.1, 0.15) is 29.2 Å². The summed E-state index contributed by atoms with van der Waals surface area (Å²) in [7, 11) is 1.57. The fraction of sp³-hybridized carbons (Fsp3) is 0.226. The van der Waals surface area contributed by atoms with E-state index in [-0.39, 0.29) is 17.9 Å². The van der Waals surface area contributed by atoms with Crippen LogP contribution in [0, 0.1) is 6.92 Å². The van der Waals surface area contributed by atoms with Crippen LogP contribution >= 0.6 is 0 Å². The minimum Gasteiger partial charge on any atom is -0.507 e. The molecular formula is C31H31NO6. The third-order valence-corrected chi connectivity index (χ3v) is 6.27. The quantitative estimate of drug-likeness (QED) is 0.121. The maximum absolute atomic E-state index is 13.2. The van der Waals surface area contributed by atoms with Crippen LogP contribution < -0.4 is 14.2 Å². The molecule has 1 aliphatic heterocycles. The summed E-state index contributed by atoms with van der Waals surface area (Å²) in [6.07, 6.45) is 2.14. The predicted octanol–water partition coefficient (Wildman–Crippen LogP) is 5.46. The van der Waals surface area contributed by atoms with Gasteiger partial charge in [-0.3, -0.25) is 9.59 Å². The first-order chi connectivity index (χ1) is 18.4. The minimum absolute atomic E-state index is 0.0412. The Morgan fingerprint density at radius 1 is 0.974 bits per heavy atom. The van der Waals surface area contributed by atoms with Crippen LogP contribution in [0.25, 0.3) is 5.76 Å². The molecule has 0 spiro atoms. The second kappa shape index (κ2) is 12.1. The van der Waals surface area contributed by atoms with Gasteiger partial charge in [-0.2, -0.15) is 0 Å². The van der Waals surface area contributed by atoms with Crippen molar-refractivity contribution in [2.75, 3.05) is 26.9 Å². The van der Waals surface area contributed by atoms with Crippen LogP contribution in [0.3, 0.4) is 0 Å². The minimum atomic E-state index is -0.753. The lowest BCUT2D eigenvalue weighted by Crippen LogP contribution is -2.31. The molecule has 1 amide bonds. The van der Waals surface area contributed by atoms with Gasteiger partial charge in [0.25, 0.3) is 11.7 Å². The highest BCUT2D eigenvalue weighted by Gasteiger charge is 2.45. The zero-order valence-electron chi connectivity index (χ0n) is 21.6. The Morgan fingerprint density at radius 3 is 2.34 bits per heavy atom. The number of hydrogen-bond donors (Lipinski definition) is 1. The summed E-state index contributed by atoms with van der Waals surface area (Å²) in [5.74, 6) is 0.371. The monoisotopic (exact) mass is 513 g/mol. The van der Waals surface area contributed by atoms with Gasteiger partial charge in [0.15, 0.2) is 0 Å². The number of carbonyl (C=O) groups excluding carboxylic acids is 2. The van der Waals surface area contributed by atoms with Gasteiger partial charge in [-0.1, -0.05) is 36.9 Å². The predicted molar refractivity (Wildman–Crippen MR) is 145 cm³/mol. The van der Waals surface area contributed by atoms with E-state index < -0.39 is 17.7 Å². The number of aliphatic hydroxyl groups is 1. The molecule has 3 aromatic carbocycles. The molecule has 1 atom stereocenters. The number of aliphatic hydroxyl groups excluding tert-OH is 1. The van der Waals surface area contributed by atoms with Gasteiger partial charge in [0.1, 0.15) is 29.6 Å². The van der Waals surface area contributed by atoms with Crippen molar-refractivity contribution in [1.29, 1.82) is 0 Å². The van der Waals surface area contributed by atoms with E-state index in [1.54, 1.807) is 61.7 Å². The molecule has 1 N–H and O–H groups in total. The fourth-order valence-electron chi connectivity index (χ4n) is 4.39. The van der Waals surface area contributed by atoms with E-state index in [1.807, 2.05) is 31.2 Å². The SMILES string of the molecule is C=CCOc1ccc(/C(O)=C2\C(=O)C(=O)N(CCCOc3cccc(C)c3)C2c2ccc(OC)cc2)cc1. The number of Topliss-reactive ketones (excluding diaryl/α,β-unsaturated/α-hetero) is 1. The Bertz CT molecular complexity index is 1330. The molecule has 3 aromatic rings. The van der Waals surface area contributed by atoms with Crippen molar-refractivity contribution in [1.82, 2.24) is 4.90 Å². The molecule has 1 heterocycles. The number of aryl methyl sites for hydroxylation is 1. The van der Waals surface area contributed by atoms with Crippen molar-refractivity contribution in [2.24, 2.45) is 0 Å². The van der Waals surface area contributed by atoms with Crippen LogP contribution in [0.4, 0.5) is 0 Å². The summed E-state index contributed by atoms with van der Waals surface area (Å²) in [5.41, 5.74) is 2.24. The van der Waals surface area contributed by atoms with Gasteiger partial charge in [-0.15, -0.1) is 0 Å². The molecule has 7 nitrogen and oxygen atoms in total. The Morgan fingerprint density at radius 2 is 1.68 bits per heavy atom. The standard InChI is InChI=1S/C31H31NO6/c1-4-18-37-25-15-11-23(12-16-25)29(33)27-28(22-9-13-24(36-3)14-10-22)32(31(35)30(27)34)17-6-19-38-26-8-5-7-21(2)20-26/h4-5,7-16,20,28,33H,1,6,17-19H2,2-3H3/b29-27+. The third kappa shape index (κ3) is 5.89. The smallest absolute Gasteiger partial charge is 0.295 e. The molecule has 38 heavy (non-hydrogen) atoms. The van der Waals surface area contributed by atoms with E-state index in [0.29, 0.717) is 42.3 Å². The topological polar surface area (TPSA) is 85.3 Å². The zero-order valence-corrected chi connectivity index (χ0v) is 21.6. The molecule has 1 fully saturated rings. The number of ketones is 1. The first-order valence-corrected chi connectivity index (χ1v) is 12.4. The van der Waals surface area contributed by atoms with Gasteiger partial charge in [0.2, 0.25) is 0 Å². The highest BCUT2D eigenvalue weighted by molar-refractivity contribution is 6.46. The van der Waals surface area contributed by atoms with E-state index in [0.717, 1.165) is 11.3 Å². The summed E-state index contributed by atoms with van der Waals surface area (Å²) in [5, 5.41) is 11.2. The van der Waals surface area contributed by atoms with Crippen molar-refractivity contribution < 1.29 is 28.9 Å². The van der Waals surface area contributed by atoms with Crippen molar-refractivity contribution >= 4 is 17.4 Å². The average molecular weight is 514 g/mol. The number of ether oxygens (including phenoxy) is 3. The molecule has 196 valence electrons. The van der Waals surface area contributed by atoms with E-state index in [4.69, 9.17) is 14.2 Å². The number of rotatable bonds is 11. The number of amides is 1. The first kappa shape index (κ1) is 26.5. The Kier molecular flexibility index (Phi) is 8.48. The summed E-state index contributed by atoms with van der Waals surface area (Å²) in [6.45, 7) is 6.61. The van der Waals surface area contributed by atoms with Crippen LogP contribution in [-0.4, -0.2) is 48.6 Å². The highest BCUT2D eigenvalue weighted by atomic mass is 16.5. The zero-order chi connectivity index (χ0) is 27.1. The van der Waals surface area contributed by atoms with Gasteiger partial charge in [-0.05, 0) is 73.0 Å². The largest absolute Gasteiger partial charge is 0.507 e. The van der Waals surface area contributed by atoms with Crippen LogP contribution in [0.5, 0.6) is 17.2 Å². The summed E-state index contributed by atoms with van der Waals surface area (Å²) < 4.78 is 16.6. The molecule has 0 aliphatic carbocycles. The number of methoxy groups -OCH3 is 1. The molecule has 4 rings (SSSR count). The number of carbonyl (C=O) groups is 2. The molecule has 0 radical (unpaired) electrons. The van der Waals surface area contributed by atoms with Crippen molar-refractivity contribution in [2.45, 2.75) is 19.4 Å². The first-order valence-electron chi connectivity index (χ1n) is 12.4. The lowest BCUT2D eigenvalue weighted by Gasteiger charge is -2.25. The van der Waals surface area contributed by atoms with Crippen molar-refractivity contribution in [3.05, 3.63) is 108 Å². The molecule has 0 saturated carbocycles. The summed E-state index contributed by atoms with van der Waals surface area (Å²) in [6, 6.07) is 20.8. The molecule has 1 saturated heterocycles. The van der Waals surface area contributed by atoms with Crippen LogP contribution in [0.15, 0.2) is 91.0 Å². The second-order valence-corrected chi connectivity index (χ2v) is 8.91. The Hall–Kier alpha value is -4.52. The second-order valence-electron chi connectivity index (χ2n) is 8.91. The van der Waals surface area contributed by atoms with Crippen LogP contribution in [-0.2, 0) is 9.59 Å². The molecule has 0 bridgehead atoms. The van der Waals surface area contributed by atoms with Crippen molar-refractivity contribution in [3.63, 3.8) is 0 Å². The fourth-order valence-corrected chi connectivity index (χ4v) is 4.39. The van der Waals surface area contributed by atoms with Crippen LogP contribution in [0.2, 0.25) is 0 Å². The van der Waals surface area contributed by atoms with E-state index in [1.165, 1.54) is 4.90 Å². The van der Waals surface area contributed by atoms with Gasteiger partial charge in [0.05, 0.1) is 25.3 Å². The molecular weight excluding hydrogens is 482 g/mol. The van der Waals surface area contributed by atoms with E-state index >= 15 is 0 Å². The maximum Gasteiger partial charge on any atom is 0.295 e. The molecule has 1 unspecified atom stereocenters. The van der Waals surface area contributed by atoms with Gasteiger partial charge in [-0.25, -0.2) is 0 Å². The number of benzene rings is 3. The molecule has 1 aliphatic rings. The summed E-state index contributed by atoms with van der Waals surface area (Å²) >= 11 is 0. The van der Waals surface area contributed by atoms with Gasteiger partial charge in [0, 0.05) is 12.1 Å². The third-order valence-electron chi connectivity index (χ3n) is 6.27. The van der Waals surface area contributed by atoms with Gasteiger partial charge >= 0.3 is 0 Å². The highest BCUT2D eigenvalue weighted by Crippen LogP contribution is 2.40. The average Bonchev–Trinajstić information content (AvgIpc) is 3.19. The Balaban J connectivity index is 1.62. The lowest BCUT2D eigenvalue weighted by molar-refractivity contribution is -0.140. The van der Waals surface area contributed by atoms with Crippen molar-refractivity contribution in [3.8, 4) is 17.2 Å². The Labute approximate surface area is 222 Å². The van der Waals surface area contributed by atoms with E-state index in [9.17, 15) is 14.7 Å². The lowest BCUT2D eigenvalue weighted by atomic mass is 9.95. The number of nitrogens with zero attached hydrogens (tertiary/aromatic N) is 1. The maximum atomic E-state index is 13.2. The molecule has 0 aromatic heterocycles. The number of likely N-dealkylation sites (tertiary alicyclic amines) is 1.